The van der Waals surface area contributed by atoms with Gasteiger partial charge in [0.1, 0.15) is 0 Å². The van der Waals surface area contributed by atoms with Crippen LogP contribution in [0.25, 0.3) is 0 Å². The largest absolute Gasteiger partial charge is 0.479 e. The molecule has 2 atom stereocenters. The summed E-state index contributed by atoms with van der Waals surface area (Å²) in [5.74, 6) is 0.447. The van der Waals surface area contributed by atoms with Gasteiger partial charge >= 0.3 is 5.97 Å². The molecule has 0 spiro atoms. The van der Waals surface area contributed by atoms with Crippen molar-refractivity contribution in [2.45, 2.75) is 31.5 Å². The number of rotatable bonds is 6. The molecule has 2 unspecified atom stereocenters. The van der Waals surface area contributed by atoms with Crippen LogP contribution < -0.4 is 0 Å². The van der Waals surface area contributed by atoms with Crippen molar-refractivity contribution in [3.63, 3.8) is 0 Å². The second kappa shape index (κ2) is 6.27. The van der Waals surface area contributed by atoms with Crippen LogP contribution in [0.15, 0.2) is 0 Å². The monoisotopic (exact) mass is 220 g/mol. The molecule has 0 aromatic carbocycles. The minimum Gasteiger partial charge on any atom is -0.479 e. The molecule has 0 amide bonds. The highest BCUT2D eigenvalue weighted by atomic mass is 32.2. The van der Waals surface area contributed by atoms with E-state index in [0.717, 1.165) is 25.2 Å². The second-order valence-corrected chi connectivity index (χ2v) is 4.50. The molecular weight excluding hydrogens is 204 g/mol. The average Bonchev–Trinajstić information content (AvgIpc) is 2.64. The van der Waals surface area contributed by atoms with Crippen LogP contribution in [0.4, 0.5) is 0 Å². The number of thioether (sulfide) groups is 1. The quantitative estimate of drug-likeness (QED) is 0.646. The Morgan fingerprint density at radius 2 is 2.43 bits per heavy atom. The highest BCUT2D eigenvalue weighted by molar-refractivity contribution is 7.99. The van der Waals surface area contributed by atoms with E-state index in [2.05, 4.69) is 0 Å². The summed E-state index contributed by atoms with van der Waals surface area (Å²) < 4.78 is 5.41. The minimum atomic E-state index is -1.22. The van der Waals surface area contributed by atoms with Crippen molar-refractivity contribution in [3.05, 3.63) is 0 Å². The Morgan fingerprint density at radius 1 is 1.64 bits per heavy atom. The predicted octanol–water partition coefficient (Wildman–Crippen LogP) is 0.734. The molecule has 1 aliphatic rings. The van der Waals surface area contributed by atoms with Gasteiger partial charge in [0.2, 0.25) is 0 Å². The van der Waals surface area contributed by atoms with E-state index < -0.39 is 12.1 Å². The zero-order valence-corrected chi connectivity index (χ0v) is 8.83. The summed E-state index contributed by atoms with van der Waals surface area (Å²) in [4.78, 5) is 10.3. The summed E-state index contributed by atoms with van der Waals surface area (Å²) in [6.07, 6.45) is 1.67. The van der Waals surface area contributed by atoms with E-state index in [4.69, 9.17) is 14.9 Å². The van der Waals surface area contributed by atoms with Crippen LogP contribution >= 0.6 is 11.8 Å². The topological polar surface area (TPSA) is 66.8 Å². The van der Waals surface area contributed by atoms with Crippen LogP contribution in [0.2, 0.25) is 0 Å². The Morgan fingerprint density at radius 3 is 3.00 bits per heavy atom. The molecule has 0 radical (unpaired) electrons. The normalized spacial score (nSPS) is 23.6. The van der Waals surface area contributed by atoms with Gasteiger partial charge in [-0.1, -0.05) is 0 Å². The highest BCUT2D eigenvalue weighted by Crippen LogP contribution is 2.17. The van der Waals surface area contributed by atoms with Gasteiger partial charge in [-0.15, -0.1) is 0 Å². The lowest BCUT2D eigenvalue weighted by atomic mass is 10.3. The van der Waals surface area contributed by atoms with Crippen molar-refractivity contribution < 1.29 is 19.7 Å². The van der Waals surface area contributed by atoms with Crippen molar-refractivity contribution >= 4 is 17.7 Å². The smallest absolute Gasteiger partial charge is 0.332 e. The van der Waals surface area contributed by atoms with Gasteiger partial charge in [-0.2, -0.15) is 11.8 Å². The molecule has 0 aromatic heterocycles. The van der Waals surface area contributed by atoms with E-state index in [9.17, 15) is 4.79 Å². The first-order valence-electron chi connectivity index (χ1n) is 4.80. The van der Waals surface area contributed by atoms with E-state index in [-0.39, 0.29) is 0 Å². The van der Waals surface area contributed by atoms with E-state index in [1.807, 2.05) is 0 Å². The highest BCUT2D eigenvalue weighted by Gasteiger charge is 2.16. The molecular formula is C9H16O4S. The first-order valence-corrected chi connectivity index (χ1v) is 5.96. The molecule has 0 bridgehead atoms. The van der Waals surface area contributed by atoms with Gasteiger partial charge in [0.15, 0.2) is 6.10 Å². The zero-order chi connectivity index (χ0) is 10.4. The van der Waals surface area contributed by atoms with Gasteiger partial charge in [0, 0.05) is 12.4 Å². The summed E-state index contributed by atoms with van der Waals surface area (Å²) in [6.45, 7) is 0.850. The van der Waals surface area contributed by atoms with Crippen LogP contribution in [0.5, 0.6) is 0 Å². The van der Waals surface area contributed by atoms with Gasteiger partial charge in [0.25, 0.3) is 0 Å². The Hall–Kier alpha value is -0.260. The van der Waals surface area contributed by atoms with E-state index in [0.29, 0.717) is 18.3 Å². The molecule has 1 aliphatic heterocycles. The fourth-order valence-corrected chi connectivity index (χ4v) is 2.39. The molecule has 2 N–H and O–H groups in total. The van der Waals surface area contributed by atoms with Crippen molar-refractivity contribution in [2.24, 2.45) is 0 Å². The molecule has 1 fully saturated rings. The third kappa shape index (κ3) is 4.30. The first-order chi connectivity index (χ1) is 6.70. The number of carboxylic acid groups (broad SMARTS) is 1. The van der Waals surface area contributed by atoms with Crippen LogP contribution in [0.1, 0.15) is 19.3 Å². The lowest BCUT2D eigenvalue weighted by Gasteiger charge is -2.09. The van der Waals surface area contributed by atoms with Crippen molar-refractivity contribution in [1.29, 1.82) is 0 Å². The molecule has 82 valence electrons. The Bertz CT molecular complexity index is 180. The Balaban J connectivity index is 1.95. The van der Waals surface area contributed by atoms with Gasteiger partial charge in [-0.05, 0) is 25.0 Å². The SMILES string of the molecule is O=C(O)C(O)CCSCC1CCCO1. The fraction of sp³-hybridized carbons (Fsp3) is 0.889. The van der Waals surface area contributed by atoms with E-state index >= 15 is 0 Å². The Labute approximate surface area is 87.6 Å². The molecule has 4 nitrogen and oxygen atoms in total. The molecule has 0 aliphatic carbocycles. The molecule has 0 aromatic rings. The number of ether oxygens (including phenoxy) is 1. The standard InChI is InChI=1S/C9H16O4S/c10-8(9(11)12)3-5-14-6-7-2-1-4-13-7/h7-8,10H,1-6H2,(H,11,12). The van der Waals surface area contributed by atoms with Crippen molar-refractivity contribution in [3.8, 4) is 0 Å². The minimum absolute atomic E-state index is 0.312. The zero-order valence-electron chi connectivity index (χ0n) is 8.02. The first kappa shape index (κ1) is 11.8. The number of hydrogen-bond acceptors (Lipinski definition) is 4. The lowest BCUT2D eigenvalue weighted by Crippen LogP contribution is -2.20. The molecule has 1 saturated heterocycles. The summed E-state index contributed by atoms with van der Waals surface area (Å²) in [5.41, 5.74) is 0. The maximum atomic E-state index is 10.3. The van der Waals surface area contributed by atoms with Crippen LogP contribution in [0.3, 0.4) is 0 Å². The molecule has 5 heteroatoms. The predicted molar refractivity (Wildman–Crippen MR) is 54.6 cm³/mol. The third-order valence-electron chi connectivity index (χ3n) is 2.15. The van der Waals surface area contributed by atoms with Gasteiger partial charge < -0.3 is 14.9 Å². The summed E-state index contributed by atoms with van der Waals surface area (Å²) in [6, 6.07) is 0. The van der Waals surface area contributed by atoms with Crippen LogP contribution in [0, 0.1) is 0 Å². The third-order valence-corrected chi connectivity index (χ3v) is 3.28. The van der Waals surface area contributed by atoms with Crippen LogP contribution in [-0.2, 0) is 9.53 Å². The van der Waals surface area contributed by atoms with Gasteiger partial charge in [0.05, 0.1) is 6.10 Å². The van der Waals surface area contributed by atoms with Crippen molar-refractivity contribution in [1.82, 2.24) is 0 Å². The fourth-order valence-electron chi connectivity index (χ4n) is 1.31. The second-order valence-electron chi connectivity index (χ2n) is 3.35. The van der Waals surface area contributed by atoms with Gasteiger partial charge in [-0.25, -0.2) is 4.79 Å². The van der Waals surface area contributed by atoms with E-state index in [1.165, 1.54) is 0 Å². The van der Waals surface area contributed by atoms with Crippen LogP contribution in [-0.4, -0.2) is 46.5 Å². The molecule has 1 heterocycles. The summed E-state index contributed by atoms with van der Waals surface area (Å²) in [7, 11) is 0. The van der Waals surface area contributed by atoms with Gasteiger partial charge in [-0.3, -0.25) is 0 Å². The molecule has 0 saturated carbocycles. The summed E-state index contributed by atoms with van der Waals surface area (Å²) >= 11 is 1.65. The average molecular weight is 220 g/mol. The number of carboxylic acids is 1. The maximum Gasteiger partial charge on any atom is 0.332 e. The number of hydrogen-bond donors (Lipinski definition) is 2. The number of aliphatic hydroxyl groups excluding tert-OH is 1. The van der Waals surface area contributed by atoms with E-state index in [1.54, 1.807) is 11.8 Å². The molecule has 14 heavy (non-hydrogen) atoms. The molecule has 1 rings (SSSR count). The van der Waals surface area contributed by atoms with Crippen molar-refractivity contribution in [2.75, 3.05) is 18.1 Å². The number of aliphatic hydroxyl groups is 1. The number of carbonyl (C=O) groups is 1. The summed E-state index contributed by atoms with van der Waals surface area (Å²) in [5, 5.41) is 17.4. The lowest BCUT2D eigenvalue weighted by molar-refractivity contribution is -0.146. The maximum absolute atomic E-state index is 10.3. The Kier molecular flexibility index (Phi) is 5.29. The number of aliphatic carboxylic acids is 1.